The van der Waals surface area contributed by atoms with Crippen LogP contribution in [0, 0.1) is 0 Å². The van der Waals surface area contributed by atoms with Gasteiger partial charge in [0.1, 0.15) is 11.5 Å². The third kappa shape index (κ3) is 1.81. The van der Waals surface area contributed by atoms with Crippen LogP contribution in [0.2, 0.25) is 0 Å². The summed E-state index contributed by atoms with van der Waals surface area (Å²) in [5.74, 6) is 2.20. The van der Waals surface area contributed by atoms with E-state index in [4.69, 9.17) is 4.74 Å². The summed E-state index contributed by atoms with van der Waals surface area (Å²) < 4.78 is 6.20. The zero-order valence-corrected chi connectivity index (χ0v) is 14.1. The quantitative estimate of drug-likeness (QED) is 0.444. The molecule has 0 amide bonds. The minimum Gasteiger partial charge on any atom is -0.457 e. The molecule has 2 nitrogen and oxygen atoms in total. The molecule has 0 aromatic heterocycles. The van der Waals surface area contributed by atoms with Crippen LogP contribution in [-0.4, -0.2) is 0 Å². The van der Waals surface area contributed by atoms with Gasteiger partial charge in [0.25, 0.3) is 0 Å². The Balaban J connectivity index is 1.62. The molecule has 26 heavy (non-hydrogen) atoms. The van der Waals surface area contributed by atoms with Crippen LogP contribution >= 0.6 is 0 Å². The van der Waals surface area contributed by atoms with Gasteiger partial charge in [0.05, 0.1) is 6.04 Å². The van der Waals surface area contributed by atoms with Crippen molar-refractivity contribution in [3.8, 4) is 11.5 Å². The third-order valence-electron chi connectivity index (χ3n) is 5.65. The second-order valence-electron chi connectivity index (χ2n) is 7.03. The van der Waals surface area contributed by atoms with Crippen molar-refractivity contribution in [2.75, 3.05) is 5.32 Å². The van der Waals surface area contributed by atoms with E-state index in [1.54, 1.807) is 0 Å². The highest BCUT2D eigenvalue weighted by Gasteiger charge is 2.41. The fraction of sp³-hybridized carbons (Fsp3) is 0.0833. The maximum absolute atomic E-state index is 6.20. The van der Waals surface area contributed by atoms with Gasteiger partial charge in [-0.25, -0.2) is 0 Å². The van der Waals surface area contributed by atoms with Crippen LogP contribution in [0.25, 0.3) is 10.8 Å². The highest BCUT2D eigenvalue weighted by Crippen LogP contribution is 2.57. The summed E-state index contributed by atoms with van der Waals surface area (Å²) in [5.41, 5.74) is 5.06. The average molecular weight is 335 g/mol. The fourth-order valence-electron chi connectivity index (χ4n) is 4.56. The Morgan fingerprint density at radius 1 is 0.654 bits per heavy atom. The van der Waals surface area contributed by atoms with Gasteiger partial charge in [-0.1, -0.05) is 66.7 Å². The molecule has 0 saturated carbocycles. The van der Waals surface area contributed by atoms with Crippen molar-refractivity contribution in [3.05, 3.63) is 102 Å². The first-order valence-electron chi connectivity index (χ1n) is 9.04. The molecule has 0 spiro atoms. The van der Waals surface area contributed by atoms with E-state index in [1.807, 2.05) is 6.07 Å². The van der Waals surface area contributed by atoms with Crippen molar-refractivity contribution >= 4 is 16.5 Å². The molecule has 0 bridgehead atoms. The van der Waals surface area contributed by atoms with E-state index < -0.39 is 0 Å². The van der Waals surface area contributed by atoms with Crippen LogP contribution in [0.15, 0.2) is 84.9 Å². The van der Waals surface area contributed by atoms with Crippen LogP contribution in [0.3, 0.4) is 0 Å². The standard InChI is InChI=1S/C24H17NO/c1-2-9-16-15(7-1)8-5-11-17(16)24-22-18-10-3-4-13-20(18)26-21-14-6-12-19(25-24)23(21)22/h1-14,22,24-25H/t22-,24?/m1/s1. The van der Waals surface area contributed by atoms with Gasteiger partial charge < -0.3 is 10.1 Å². The fourth-order valence-corrected chi connectivity index (χ4v) is 4.56. The summed E-state index contributed by atoms with van der Waals surface area (Å²) in [7, 11) is 0. The van der Waals surface area contributed by atoms with Crippen molar-refractivity contribution < 1.29 is 4.74 Å². The lowest BCUT2D eigenvalue weighted by atomic mass is 9.81. The lowest BCUT2D eigenvalue weighted by Gasteiger charge is -2.28. The van der Waals surface area contributed by atoms with E-state index in [0.717, 1.165) is 11.5 Å². The Hall–Kier alpha value is -3.26. The first-order valence-corrected chi connectivity index (χ1v) is 9.04. The normalized spacial score (nSPS) is 19.4. The van der Waals surface area contributed by atoms with Crippen LogP contribution in [0.4, 0.5) is 5.69 Å². The Kier molecular flexibility index (Phi) is 2.75. The number of hydrogen-bond donors (Lipinski definition) is 1. The molecule has 0 fully saturated rings. The molecule has 4 aromatic rings. The minimum absolute atomic E-state index is 0.197. The van der Waals surface area contributed by atoms with Crippen LogP contribution in [-0.2, 0) is 0 Å². The highest BCUT2D eigenvalue weighted by molar-refractivity contribution is 5.87. The first-order chi connectivity index (χ1) is 12.9. The molecule has 4 aromatic carbocycles. The number of para-hydroxylation sites is 1. The topological polar surface area (TPSA) is 21.3 Å². The number of anilines is 1. The second kappa shape index (κ2) is 5.12. The number of fused-ring (bicyclic) bond motifs is 3. The van der Waals surface area contributed by atoms with Crippen molar-refractivity contribution in [1.29, 1.82) is 0 Å². The molecule has 2 atom stereocenters. The molecule has 1 N–H and O–H groups in total. The summed E-state index contributed by atoms with van der Waals surface area (Å²) in [4.78, 5) is 0. The molecule has 0 saturated heterocycles. The van der Waals surface area contributed by atoms with Gasteiger partial charge in [0.2, 0.25) is 0 Å². The largest absolute Gasteiger partial charge is 0.457 e. The summed E-state index contributed by atoms with van der Waals surface area (Å²) in [5, 5.41) is 6.38. The number of benzene rings is 4. The monoisotopic (exact) mass is 335 g/mol. The Morgan fingerprint density at radius 2 is 1.38 bits per heavy atom. The van der Waals surface area contributed by atoms with Crippen LogP contribution in [0.1, 0.15) is 28.7 Å². The molecular formula is C24H17NO. The predicted octanol–water partition coefficient (Wildman–Crippen LogP) is 6.24. The average Bonchev–Trinajstić information content (AvgIpc) is 3.09. The zero-order valence-electron chi connectivity index (χ0n) is 14.1. The van der Waals surface area contributed by atoms with Gasteiger partial charge >= 0.3 is 0 Å². The summed E-state index contributed by atoms with van der Waals surface area (Å²) in [6.45, 7) is 0. The maximum atomic E-state index is 6.20. The second-order valence-corrected chi connectivity index (χ2v) is 7.03. The van der Waals surface area contributed by atoms with Crippen LogP contribution < -0.4 is 10.1 Å². The van der Waals surface area contributed by atoms with Crippen molar-refractivity contribution in [3.63, 3.8) is 0 Å². The van der Waals surface area contributed by atoms with Gasteiger partial charge in [0, 0.05) is 22.7 Å². The van der Waals surface area contributed by atoms with E-state index in [1.165, 1.54) is 33.2 Å². The van der Waals surface area contributed by atoms with Gasteiger partial charge in [0.15, 0.2) is 0 Å². The molecule has 124 valence electrons. The van der Waals surface area contributed by atoms with Crippen molar-refractivity contribution in [1.82, 2.24) is 0 Å². The van der Waals surface area contributed by atoms with E-state index >= 15 is 0 Å². The number of rotatable bonds is 1. The van der Waals surface area contributed by atoms with Gasteiger partial charge in [-0.05, 0) is 34.5 Å². The van der Waals surface area contributed by atoms with E-state index in [-0.39, 0.29) is 12.0 Å². The summed E-state index contributed by atoms with van der Waals surface area (Å²) >= 11 is 0. The molecule has 2 aliphatic heterocycles. The SMILES string of the molecule is c1ccc2c(c1)Oc1cccc3c1[C@@H]2C(c1cccc2ccccc12)N3. The Labute approximate surface area is 152 Å². The Bertz CT molecular complexity index is 1160. The van der Waals surface area contributed by atoms with Crippen LogP contribution in [0.5, 0.6) is 11.5 Å². The van der Waals surface area contributed by atoms with E-state index in [0.29, 0.717) is 0 Å². The summed E-state index contributed by atoms with van der Waals surface area (Å²) in [6, 6.07) is 30.2. The first kappa shape index (κ1) is 14.0. The van der Waals surface area contributed by atoms with E-state index in [2.05, 4.69) is 84.2 Å². The Morgan fingerprint density at radius 3 is 2.38 bits per heavy atom. The van der Waals surface area contributed by atoms with Gasteiger partial charge in [-0.15, -0.1) is 0 Å². The smallest absolute Gasteiger partial charge is 0.133 e. The van der Waals surface area contributed by atoms with Gasteiger partial charge in [-0.2, -0.15) is 0 Å². The van der Waals surface area contributed by atoms with Crippen molar-refractivity contribution in [2.45, 2.75) is 12.0 Å². The lowest BCUT2D eigenvalue weighted by molar-refractivity contribution is 0.444. The third-order valence-corrected chi connectivity index (χ3v) is 5.65. The molecular weight excluding hydrogens is 318 g/mol. The molecule has 2 heteroatoms. The van der Waals surface area contributed by atoms with E-state index in [9.17, 15) is 0 Å². The highest BCUT2D eigenvalue weighted by atomic mass is 16.5. The molecule has 0 aliphatic carbocycles. The van der Waals surface area contributed by atoms with Crippen molar-refractivity contribution in [2.24, 2.45) is 0 Å². The van der Waals surface area contributed by atoms with Gasteiger partial charge in [-0.3, -0.25) is 0 Å². The molecule has 2 aliphatic rings. The molecule has 6 rings (SSSR count). The lowest BCUT2D eigenvalue weighted by Crippen LogP contribution is -2.16. The zero-order chi connectivity index (χ0) is 17.1. The number of ether oxygens (including phenoxy) is 1. The molecule has 0 radical (unpaired) electrons. The molecule has 2 heterocycles. The predicted molar refractivity (Wildman–Crippen MR) is 105 cm³/mol. The summed E-state index contributed by atoms with van der Waals surface area (Å²) in [6.07, 6.45) is 0. The number of nitrogens with one attached hydrogen (secondary N) is 1. The number of hydrogen-bond acceptors (Lipinski definition) is 2. The molecule has 1 unspecified atom stereocenters. The minimum atomic E-state index is 0.197. The maximum Gasteiger partial charge on any atom is 0.133 e.